The quantitative estimate of drug-likeness (QED) is 0.649. The van der Waals surface area contributed by atoms with Crippen LogP contribution < -0.4 is 5.90 Å². The average Bonchev–Trinajstić information content (AvgIpc) is 2.54. The van der Waals surface area contributed by atoms with Crippen LogP contribution in [0.2, 0.25) is 0 Å². The minimum Gasteiger partial charge on any atom is -0.450 e. The van der Waals surface area contributed by atoms with Crippen molar-refractivity contribution in [2.45, 2.75) is 13.3 Å². The molecule has 0 aromatic carbocycles. The first-order valence-corrected chi connectivity index (χ1v) is 4.51. The van der Waals surface area contributed by atoms with Crippen molar-refractivity contribution in [3.8, 4) is 0 Å². The fraction of sp³-hybridized carbons (Fsp3) is 0.875. The summed E-state index contributed by atoms with van der Waals surface area (Å²) >= 11 is 0. The minimum absolute atomic E-state index is 0.234. The van der Waals surface area contributed by atoms with Gasteiger partial charge in [0.05, 0.1) is 13.2 Å². The zero-order valence-electron chi connectivity index (χ0n) is 7.86. The summed E-state index contributed by atoms with van der Waals surface area (Å²) in [5.74, 6) is 5.31. The van der Waals surface area contributed by atoms with Crippen LogP contribution in [-0.2, 0) is 9.57 Å². The molecule has 0 bridgehead atoms. The van der Waals surface area contributed by atoms with E-state index in [2.05, 4.69) is 4.84 Å². The van der Waals surface area contributed by atoms with Crippen LogP contribution in [-0.4, -0.2) is 37.3 Å². The number of rotatable bonds is 3. The van der Waals surface area contributed by atoms with Gasteiger partial charge in [0.15, 0.2) is 0 Å². The fourth-order valence-electron chi connectivity index (χ4n) is 1.49. The average molecular weight is 188 g/mol. The Morgan fingerprint density at radius 3 is 3.08 bits per heavy atom. The standard InChI is InChI=1S/C8H16N2O3/c1-2-12-8(11)10-4-3-7(5-10)6-13-9/h7H,2-6,9H2,1H3. The number of hydrogen-bond acceptors (Lipinski definition) is 4. The van der Waals surface area contributed by atoms with Crippen LogP contribution in [0.25, 0.3) is 0 Å². The smallest absolute Gasteiger partial charge is 0.409 e. The van der Waals surface area contributed by atoms with Gasteiger partial charge in [-0.25, -0.2) is 10.7 Å². The number of amides is 1. The summed E-state index contributed by atoms with van der Waals surface area (Å²) in [6.45, 7) is 4.17. The van der Waals surface area contributed by atoms with Crippen molar-refractivity contribution in [1.82, 2.24) is 4.90 Å². The van der Waals surface area contributed by atoms with Crippen LogP contribution in [0, 0.1) is 5.92 Å². The fourth-order valence-corrected chi connectivity index (χ4v) is 1.49. The Labute approximate surface area is 77.7 Å². The molecule has 1 aliphatic heterocycles. The van der Waals surface area contributed by atoms with E-state index in [9.17, 15) is 4.79 Å². The molecule has 2 N–H and O–H groups in total. The molecule has 1 saturated heterocycles. The Morgan fingerprint density at radius 2 is 2.46 bits per heavy atom. The monoisotopic (exact) mass is 188 g/mol. The molecule has 1 fully saturated rings. The first-order valence-electron chi connectivity index (χ1n) is 4.51. The van der Waals surface area contributed by atoms with Gasteiger partial charge in [-0.3, -0.25) is 0 Å². The molecule has 0 radical (unpaired) electrons. The molecular weight excluding hydrogens is 172 g/mol. The molecule has 0 spiro atoms. The van der Waals surface area contributed by atoms with Gasteiger partial charge in [0.25, 0.3) is 0 Å². The van der Waals surface area contributed by atoms with Gasteiger partial charge < -0.3 is 14.5 Å². The second-order valence-corrected chi connectivity index (χ2v) is 3.13. The second-order valence-electron chi connectivity index (χ2n) is 3.13. The highest BCUT2D eigenvalue weighted by Gasteiger charge is 2.26. The number of hydrogen-bond donors (Lipinski definition) is 1. The van der Waals surface area contributed by atoms with Gasteiger partial charge in [0, 0.05) is 19.0 Å². The van der Waals surface area contributed by atoms with Crippen molar-refractivity contribution in [3.63, 3.8) is 0 Å². The van der Waals surface area contributed by atoms with Gasteiger partial charge in [-0.2, -0.15) is 0 Å². The van der Waals surface area contributed by atoms with Crippen molar-refractivity contribution in [1.29, 1.82) is 0 Å². The molecule has 1 heterocycles. The molecular formula is C8H16N2O3. The van der Waals surface area contributed by atoms with E-state index in [0.29, 0.717) is 25.7 Å². The summed E-state index contributed by atoms with van der Waals surface area (Å²) in [5.41, 5.74) is 0. The lowest BCUT2D eigenvalue weighted by molar-refractivity contribution is 0.0945. The number of carbonyl (C=O) groups is 1. The largest absolute Gasteiger partial charge is 0.450 e. The Kier molecular flexibility index (Phi) is 3.98. The summed E-state index contributed by atoms with van der Waals surface area (Å²) in [7, 11) is 0. The van der Waals surface area contributed by atoms with Gasteiger partial charge in [-0.05, 0) is 13.3 Å². The summed E-state index contributed by atoms with van der Waals surface area (Å²) in [6.07, 6.45) is 0.706. The Morgan fingerprint density at radius 1 is 1.69 bits per heavy atom. The maximum Gasteiger partial charge on any atom is 0.409 e. The molecule has 0 aliphatic carbocycles. The van der Waals surface area contributed by atoms with Crippen molar-refractivity contribution in [2.24, 2.45) is 11.8 Å². The molecule has 0 aromatic heterocycles. The Hall–Kier alpha value is -0.810. The van der Waals surface area contributed by atoms with Crippen LogP contribution in [0.4, 0.5) is 4.79 Å². The van der Waals surface area contributed by atoms with Crippen molar-refractivity contribution < 1.29 is 14.4 Å². The van der Waals surface area contributed by atoms with Gasteiger partial charge in [0.2, 0.25) is 0 Å². The third-order valence-corrected chi connectivity index (χ3v) is 2.14. The van der Waals surface area contributed by atoms with Crippen LogP contribution >= 0.6 is 0 Å². The summed E-state index contributed by atoms with van der Waals surface area (Å²) in [5, 5.41) is 0. The molecule has 1 rings (SSSR count). The number of nitrogens with zero attached hydrogens (tertiary/aromatic N) is 1. The Bertz CT molecular complexity index is 175. The topological polar surface area (TPSA) is 64.8 Å². The lowest BCUT2D eigenvalue weighted by Gasteiger charge is -2.15. The molecule has 13 heavy (non-hydrogen) atoms. The molecule has 1 aliphatic rings. The van der Waals surface area contributed by atoms with Crippen molar-refractivity contribution in [3.05, 3.63) is 0 Å². The van der Waals surface area contributed by atoms with E-state index in [4.69, 9.17) is 10.6 Å². The van der Waals surface area contributed by atoms with E-state index in [1.165, 1.54) is 0 Å². The normalized spacial score (nSPS) is 22.0. The van der Waals surface area contributed by atoms with Gasteiger partial charge in [0.1, 0.15) is 0 Å². The highest BCUT2D eigenvalue weighted by atomic mass is 16.6. The summed E-state index contributed by atoms with van der Waals surface area (Å²) in [4.78, 5) is 17.4. The van der Waals surface area contributed by atoms with Crippen molar-refractivity contribution >= 4 is 6.09 Å². The first-order chi connectivity index (χ1) is 6.27. The van der Waals surface area contributed by atoms with Crippen LogP contribution in [0.3, 0.4) is 0 Å². The zero-order valence-corrected chi connectivity index (χ0v) is 7.86. The van der Waals surface area contributed by atoms with Gasteiger partial charge in [-0.15, -0.1) is 0 Å². The highest BCUT2D eigenvalue weighted by Crippen LogP contribution is 2.16. The van der Waals surface area contributed by atoms with E-state index >= 15 is 0 Å². The number of ether oxygens (including phenoxy) is 1. The second kappa shape index (κ2) is 5.04. The van der Waals surface area contributed by atoms with Crippen LogP contribution in [0.15, 0.2) is 0 Å². The summed E-state index contributed by atoms with van der Waals surface area (Å²) in [6, 6.07) is 0. The predicted octanol–water partition coefficient (Wildman–Crippen LogP) is 0.355. The first kappa shape index (κ1) is 10.3. The lowest BCUT2D eigenvalue weighted by atomic mass is 10.1. The molecule has 5 heteroatoms. The Balaban J connectivity index is 2.27. The van der Waals surface area contributed by atoms with Gasteiger partial charge >= 0.3 is 6.09 Å². The lowest BCUT2D eigenvalue weighted by Crippen LogP contribution is -2.30. The van der Waals surface area contributed by atoms with E-state index in [1.807, 2.05) is 0 Å². The van der Waals surface area contributed by atoms with E-state index in [-0.39, 0.29) is 6.09 Å². The van der Waals surface area contributed by atoms with E-state index < -0.39 is 0 Å². The molecule has 0 aromatic rings. The molecule has 1 unspecified atom stereocenters. The summed E-state index contributed by atoms with van der Waals surface area (Å²) < 4.78 is 4.87. The molecule has 1 atom stereocenters. The third-order valence-electron chi connectivity index (χ3n) is 2.14. The van der Waals surface area contributed by atoms with Gasteiger partial charge in [-0.1, -0.05) is 0 Å². The minimum atomic E-state index is -0.234. The van der Waals surface area contributed by atoms with Crippen LogP contribution in [0.1, 0.15) is 13.3 Å². The van der Waals surface area contributed by atoms with Crippen molar-refractivity contribution in [2.75, 3.05) is 26.3 Å². The number of likely N-dealkylation sites (tertiary alicyclic amines) is 1. The van der Waals surface area contributed by atoms with E-state index in [1.54, 1.807) is 11.8 Å². The number of nitrogens with two attached hydrogens (primary N) is 1. The third kappa shape index (κ3) is 2.86. The molecule has 1 amide bonds. The zero-order chi connectivity index (χ0) is 9.68. The number of carbonyl (C=O) groups excluding carboxylic acids is 1. The highest BCUT2D eigenvalue weighted by molar-refractivity contribution is 5.67. The molecule has 0 saturated carbocycles. The SMILES string of the molecule is CCOC(=O)N1CCC(CON)C1. The molecule has 76 valence electrons. The van der Waals surface area contributed by atoms with Crippen LogP contribution in [0.5, 0.6) is 0 Å². The maximum absolute atomic E-state index is 11.2. The van der Waals surface area contributed by atoms with E-state index in [0.717, 1.165) is 13.0 Å². The predicted molar refractivity (Wildman–Crippen MR) is 46.8 cm³/mol. The maximum atomic E-state index is 11.2. The molecule has 5 nitrogen and oxygen atoms in total.